The molecule has 0 aliphatic carbocycles. The fourth-order valence-electron chi connectivity index (χ4n) is 1.45. The van der Waals surface area contributed by atoms with Crippen LogP contribution >= 0.6 is 0 Å². The number of carboxylic acid groups (broad SMARTS) is 1. The Bertz CT molecular complexity index is 441. The van der Waals surface area contributed by atoms with E-state index in [0.717, 1.165) is 4.31 Å². The van der Waals surface area contributed by atoms with Crippen molar-refractivity contribution in [2.75, 3.05) is 13.1 Å². The first kappa shape index (κ1) is 17.8. The molecule has 0 aliphatic heterocycles. The molecule has 2 atom stereocenters. The third-order valence-corrected chi connectivity index (χ3v) is 4.24. The van der Waals surface area contributed by atoms with Crippen LogP contribution in [0, 0.1) is 23.2 Å². The van der Waals surface area contributed by atoms with E-state index in [0.29, 0.717) is 0 Å². The highest BCUT2D eigenvalue weighted by Crippen LogP contribution is 2.08. The highest BCUT2D eigenvalue weighted by atomic mass is 32.2. The molecule has 0 spiro atoms. The summed E-state index contributed by atoms with van der Waals surface area (Å²) in [6.07, 6.45) is 0. The van der Waals surface area contributed by atoms with Crippen LogP contribution in [0.3, 0.4) is 0 Å². The van der Waals surface area contributed by atoms with E-state index in [1.807, 2.05) is 6.07 Å². The van der Waals surface area contributed by atoms with E-state index < -0.39 is 28.1 Å². The summed E-state index contributed by atoms with van der Waals surface area (Å²) < 4.78 is 27.4. The Balaban J connectivity index is 5.03. The monoisotopic (exact) mass is 291 g/mol. The van der Waals surface area contributed by atoms with E-state index in [2.05, 4.69) is 4.72 Å². The van der Waals surface area contributed by atoms with Crippen LogP contribution in [-0.2, 0) is 15.0 Å². The van der Waals surface area contributed by atoms with Crippen LogP contribution in [0.1, 0.15) is 27.7 Å². The first-order valence-electron chi connectivity index (χ1n) is 6.05. The number of carbonyl (C=O) groups is 1. The quantitative estimate of drug-likeness (QED) is 0.673. The lowest BCUT2D eigenvalue weighted by Crippen LogP contribution is -2.51. The summed E-state index contributed by atoms with van der Waals surface area (Å²) in [5.74, 6) is -2.05. The average molecular weight is 291 g/mol. The largest absolute Gasteiger partial charge is 0.480 e. The van der Waals surface area contributed by atoms with Gasteiger partial charge in [-0.1, -0.05) is 20.8 Å². The highest BCUT2D eigenvalue weighted by molar-refractivity contribution is 7.87. The predicted octanol–water partition coefficient (Wildman–Crippen LogP) is 0.412. The lowest BCUT2D eigenvalue weighted by Gasteiger charge is -2.25. The Kier molecular flexibility index (Phi) is 6.97. The molecular formula is C11H21N3O4S. The normalized spacial score (nSPS) is 15.2. The molecule has 0 radical (unpaired) electrons. The fourth-order valence-corrected chi connectivity index (χ4v) is 3.05. The minimum Gasteiger partial charge on any atom is -0.480 e. The second-order valence-corrected chi connectivity index (χ2v) is 6.37. The number of rotatable bonds is 8. The molecule has 110 valence electrons. The molecule has 2 N–H and O–H groups in total. The highest BCUT2D eigenvalue weighted by Gasteiger charge is 2.30. The number of aliphatic carboxylic acids is 1. The fraction of sp³-hybridized carbons (Fsp3) is 0.818. The summed E-state index contributed by atoms with van der Waals surface area (Å²) >= 11 is 0. The first-order chi connectivity index (χ1) is 8.65. The van der Waals surface area contributed by atoms with Crippen LogP contribution < -0.4 is 4.72 Å². The van der Waals surface area contributed by atoms with Gasteiger partial charge < -0.3 is 5.11 Å². The Morgan fingerprint density at radius 2 is 1.95 bits per heavy atom. The van der Waals surface area contributed by atoms with Crippen LogP contribution in [0.5, 0.6) is 0 Å². The number of nitrogens with one attached hydrogen (secondary N) is 1. The van der Waals surface area contributed by atoms with Crippen molar-refractivity contribution in [2.24, 2.45) is 11.8 Å². The maximum Gasteiger partial charge on any atom is 0.322 e. The van der Waals surface area contributed by atoms with E-state index in [-0.39, 0.29) is 19.0 Å². The summed E-state index contributed by atoms with van der Waals surface area (Å²) in [6.45, 7) is 6.69. The minimum atomic E-state index is -3.92. The summed E-state index contributed by atoms with van der Waals surface area (Å²) in [5, 5.41) is 17.7. The molecule has 0 aromatic rings. The Hall–Kier alpha value is -1.17. The van der Waals surface area contributed by atoms with Gasteiger partial charge in [0.1, 0.15) is 6.04 Å². The van der Waals surface area contributed by atoms with E-state index in [9.17, 15) is 13.2 Å². The molecule has 8 heteroatoms. The Morgan fingerprint density at radius 3 is 2.26 bits per heavy atom. The van der Waals surface area contributed by atoms with E-state index in [4.69, 9.17) is 10.4 Å². The molecule has 0 saturated heterocycles. The summed E-state index contributed by atoms with van der Waals surface area (Å²) in [6, 6.07) is 0.767. The third kappa shape index (κ3) is 5.55. The van der Waals surface area contributed by atoms with E-state index in [1.54, 1.807) is 27.7 Å². The molecule has 0 rings (SSSR count). The number of hydrogen-bond acceptors (Lipinski definition) is 4. The smallest absolute Gasteiger partial charge is 0.322 e. The van der Waals surface area contributed by atoms with Crippen molar-refractivity contribution < 1.29 is 18.3 Å². The van der Waals surface area contributed by atoms with Crippen LogP contribution in [0.25, 0.3) is 0 Å². The molecule has 0 saturated carbocycles. The van der Waals surface area contributed by atoms with Gasteiger partial charge in [-0.3, -0.25) is 4.79 Å². The minimum absolute atomic E-state index is 0.0345. The number of hydrogen-bond donors (Lipinski definition) is 2. The molecule has 2 unspecified atom stereocenters. The molecule has 0 aromatic carbocycles. The maximum atomic E-state index is 12.1. The van der Waals surface area contributed by atoms with Gasteiger partial charge in [0.15, 0.2) is 0 Å². The van der Waals surface area contributed by atoms with Crippen molar-refractivity contribution in [3.8, 4) is 6.07 Å². The maximum absolute atomic E-state index is 12.1. The van der Waals surface area contributed by atoms with Gasteiger partial charge in [0.2, 0.25) is 0 Å². The second-order valence-electron chi connectivity index (χ2n) is 4.66. The third-order valence-electron chi connectivity index (χ3n) is 2.60. The van der Waals surface area contributed by atoms with Gasteiger partial charge in [0, 0.05) is 13.1 Å². The molecule has 0 amide bonds. The molecule has 0 bridgehead atoms. The molecule has 0 fully saturated rings. The van der Waals surface area contributed by atoms with E-state index >= 15 is 0 Å². The molecule has 7 nitrogen and oxygen atoms in total. The number of nitriles is 1. The topological polar surface area (TPSA) is 111 Å². The predicted molar refractivity (Wildman–Crippen MR) is 70.3 cm³/mol. The first-order valence-corrected chi connectivity index (χ1v) is 7.49. The molecule has 0 aromatic heterocycles. The van der Waals surface area contributed by atoms with Crippen molar-refractivity contribution in [1.82, 2.24) is 9.03 Å². The van der Waals surface area contributed by atoms with Crippen LogP contribution in [0.15, 0.2) is 0 Å². The average Bonchev–Trinajstić information content (AvgIpc) is 2.31. The van der Waals surface area contributed by atoms with Gasteiger partial charge >= 0.3 is 5.97 Å². The Morgan fingerprint density at radius 1 is 1.42 bits per heavy atom. The molecule has 19 heavy (non-hydrogen) atoms. The zero-order valence-corrected chi connectivity index (χ0v) is 12.4. The van der Waals surface area contributed by atoms with Crippen molar-refractivity contribution in [3.63, 3.8) is 0 Å². The van der Waals surface area contributed by atoms with Gasteiger partial charge in [-0.2, -0.15) is 22.7 Å². The second kappa shape index (κ2) is 7.43. The van der Waals surface area contributed by atoms with Gasteiger partial charge in [-0.15, -0.1) is 0 Å². The molecule has 0 heterocycles. The standard InChI is InChI=1S/C11H21N3O4S/c1-5-14(7-9(4)6-12)19(17,18)13-10(8(2)3)11(15)16/h8-10,13H,5,7H2,1-4H3,(H,15,16). The van der Waals surface area contributed by atoms with Crippen LogP contribution in [0.2, 0.25) is 0 Å². The van der Waals surface area contributed by atoms with Crippen molar-refractivity contribution in [2.45, 2.75) is 33.7 Å². The van der Waals surface area contributed by atoms with Crippen LogP contribution in [-0.4, -0.2) is 42.9 Å². The summed E-state index contributed by atoms with van der Waals surface area (Å²) in [4.78, 5) is 11.0. The van der Waals surface area contributed by atoms with Crippen molar-refractivity contribution >= 4 is 16.2 Å². The van der Waals surface area contributed by atoms with Gasteiger partial charge in [-0.05, 0) is 12.8 Å². The number of carboxylic acids is 1. The Labute approximate surface area is 114 Å². The molecular weight excluding hydrogens is 270 g/mol. The summed E-state index contributed by atoms with van der Waals surface area (Å²) in [5.41, 5.74) is 0. The van der Waals surface area contributed by atoms with Gasteiger partial charge in [0.25, 0.3) is 10.2 Å². The van der Waals surface area contributed by atoms with Crippen molar-refractivity contribution in [3.05, 3.63) is 0 Å². The van der Waals surface area contributed by atoms with Crippen LogP contribution in [0.4, 0.5) is 0 Å². The summed E-state index contributed by atoms with van der Waals surface area (Å²) in [7, 11) is -3.92. The molecule has 0 aliphatic rings. The zero-order chi connectivity index (χ0) is 15.2. The lowest BCUT2D eigenvalue weighted by atomic mass is 10.1. The zero-order valence-electron chi connectivity index (χ0n) is 11.6. The number of nitrogens with zero attached hydrogens (tertiary/aromatic N) is 2. The van der Waals surface area contributed by atoms with Gasteiger partial charge in [0.05, 0.1) is 12.0 Å². The van der Waals surface area contributed by atoms with Crippen molar-refractivity contribution in [1.29, 1.82) is 5.26 Å². The van der Waals surface area contributed by atoms with Gasteiger partial charge in [-0.25, -0.2) is 0 Å². The lowest BCUT2D eigenvalue weighted by molar-refractivity contribution is -0.140. The van der Waals surface area contributed by atoms with E-state index in [1.165, 1.54) is 0 Å². The SMILES string of the molecule is CCN(CC(C)C#N)S(=O)(=O)NC(C(=O)O)C(C)C.